The molecule has 0 aliphatic carbocycles. The van der Waals surface area contributed by atoms with Crippen LogP contribution >= 0.6 is 0 Å². The molecule has 1 aromatic rings. The molecule has 5 heteroatoms. The molecule has 84 valence electrons. The minimum absolute atomic E-state index is 0.202. The SMILES string of the molecule is COc1cc2c(cc1C(C)N=C=O)OCO2. The molecule has 0 radical (unpaired) electrons. The number of rotatable bonds is 3. The molecular formula is C11H11NO4. The van der Waals surface area contributed by atoms with Crippen molar-refractivity contribution in [2.75, 3.05) is 13.9 Å². The minimum atomic E-state index is -0.318. The van der Waals surface area contributed by atoms with Crippen molar-refractivity contribution < 1.29 is 19.0 Å². The van der Waals surface area contributed by atoms with Gasteiger partial charge in [-0.25, -0.2) is 4.79 Å². The van der Waals surface area contributed by atoms with Crippen LogP contribution in [0.3, 0.4) is 0 Å². The zero-order valence-corrected chi connectivity index (χ0v) is 9.02. The van der Waals surface area contributed by atoms with Gasteiger partial charge in [-0.05, 0) is 13.0 Å². The lowest BCUT2D eigenvalue weighted by molar-refractivity contribution is 0.174. The zero-order valence-electron chi connectivity index (χ0n) is 9.02. The molecule has 5 nitrogen and oxygen atoms in total. The van der Waals surface area contributed by atoms with Crippen LogP contribution in [0.25, 0.3) is 0 Å². The van der Waals surface area contributed by atoms with Gasteiger partial charge in [0.25, 0.3) is 0 Å². The smallest absolute Gasteiger partial charge is 0.235 e. The molecule has 0 N–H and O–H groups in total. The highest BCUT2D eigenvalue weighted by molar-refractivity contribution is 5.53. The zero-order chi connectivity index (χ0) is 11.5. The van der Waals surface area contributed by atoms with Crippen LogP contribution in [0.15, 0.2) is 17.1 Å². The lowest BCUT2D eigenvalue weighted by atomic mass is 10.1. The molecule has 2 rings (SSSR count). The Bertz CT molecular complexity index is 452. The fourth-order valence-corrected chi connectivity index (χ4v) is 1.59. The number of fused-ring (bicyclic) bond motifs is 1. The van der Waals surface area contributed by atoms with E-state index in [1.807, 2.05) is 0 Å². The van der Waals surface area contributed by atoms with Crippen molar-refractivity contribution in [3.05, 3.63) is 17.7 Å². The van der Waals surface area contributed by atoms with E-state index in [-0.39, 0.29) is 12.8 Å². The van der Waals surface area contributed by atoms with Crippen molar-refractivity contribution in [3.63, 3.8) is 0 Å². The topological polar surface area (TPSA) is 57.1 Å². The van der Waals surface area contributed by atoms with Crippen molar-refractivity contribution in [3.8, 4) is 17.2 Å². The standard InChI is InChI=1S/C11H11NO4/c1-7(12-5-13)8-3-10-11(16-6-15-10)4-9(8)14-2/h3-4,7H,6H2,1-2H3. The van der Waals surface area contributed by atoms with Gasteiger partial charge in [0.05, 0.1) is 13.2 Å². The Morgan fingerprint density at radius 3 is 2.75 bits per heavy atom. The van der Waals surface area contributed by atoms with Gasteiger partial charge >= 0.3 is 0 Å². The first-order chi connectivity index (χ1) is 7.76. The number of ether oxygens (including phenoxy) is 3. The van der Waals surface area contributed by atoms with E-state index >= 15 is 0 Å². The number of isocyanates is 1. The molecule has 1 aliphatic heterocycles. The summed E-state index contributed by atoms with van der Waals surface area (Å²) in [4.78, 5) is 13.9. The van der Waals surface area contributed by atoms with Gasteiger partial charge in [0.1, 0.15) is 5.75 Å². The first-order valence-corrected chi connectivity index (χ1v) is 4.80. The third-order valence-corrected chi connectivity index (χ3v) is 2.42. The van der Waals surface area contributed by atoms with Crippen molar-refractivity contribution in [2.24, 2.45) is 4.99 Å². The Morgan fingerprint density at radius 1 is 1.44 bits per heavy atom. The average Bonchev–Trinajstić information content (AvgIpc) is 2.74. The second-order valence-electron chi connectivity index (χ2n) is 3.34. The van der Waals surface area contributed by atoms with E-state index in [9.17, 15) is 4.79 Å². The van der Waals surface area contributed by atoms with E-state index in [1.54, 1.807) is 26.2 Å². The van der Waals surface area contributed by atoms with Crippen LogP contribution in [0.4, 0.5) is 0 Å². The van der Waals surface area contributed by atoms with E-state index in [1.165, 1.54) is 6.08 Å². The molecule has 0 saturated heterocycles. The molecular weight excluding hydrogens is 210 g/mol. The Morgan fingerprint density at radius 2 is 2.12 bits per heavy atom. The maximum absolute atomic E-state index is 10.2. The molecule has 1 heterocycles. The predicted octanol–water partition coefficient (Wildman–Crippen LogP) is 1.82. The molecule has 0 spiro atoms. The van der Waals surface area contributed by atoms with Gasteiger partial charge in [0, 0.05) is 11.6 Å². The monoisotopic (exact) mass is 221 g/mol. The highest BCUT2D eigenvalue weighted by Gasteiger charge is 2.20. The highest BCUT2D eigenvalue weighted by atomic mass is 16.7. The van der Waals surface area contributed by atoms with E-state index in [4.69, 9.17) is 14.2 Å². The average molecular weight is 221 g/mol. The molecule has 0 bridgehead atoms. The molecule has 0 aromatic heterocycles. The summed E-state index contributed by atoms with van der Waals surface area (Å²) in [7, 11) is 1.55. The highest BCUT2D eigenvalue weighted by Crippen LogP contribution is 2.40. The fourth-order valence-electron chi connectivity index (χ4n) is 1.59. The van der Waals surface area contributed by atoms with Crippen molar-refractivity contribution in [1.29, 1.82) is 0 Å². The number of hydrogen-bond acceptors (Lipinski definition) is 5. The largest absolute Gasteiger partial charge is 0.496 e. The van der Waals surface area contributed by atoms with E-state index in [2.05, 4.69) is 4.99 Å². The molecule has 0 fully saturated rings. The van der Waals surface area contributed by atoms with Gasteiger partial charge < -0.3 is 14.2 Å². The van der Waals surface area contributed by atoms with Gasteiger partial charge in [-0.1, -0.05) is 0 Å². The predicted molar refractivity (Wildman–Crippen MR) is 55.7 cm³/mol. The number of nitrogens with zero attached hydrogens (tertiary/aromatic N) is 1. The summed E-state index contributed by atoms with van der Waals surface area (Å²) in [6.07, 6.45) is 1.53. The summed E-state index contributed by atoms with van der Waals surface area (Å²) in [5, 5.41) is 0. The molecule has 0 saturated carbocycles. The summed E-state index contributed by atoms with van der Waals surface area (Å²) in [6, 6.07) is 3.18. The van der Waals surface area contributed by atoms with Gasteiger partial charge in [-0.2, -0.15) is 4.99 Å². The van der Waals surface area contributed by atoms with Crippen molar-refractivity contribution in [1.82, 2.24) is 0 Å². The normalized spacial score (nSPS) is 14.1. The maximum Gasteiger partial charge on any atom is 0.235 e. The Kier molecular flexibility index (Phi) is 2.79. The maximum atomic E-state index is 10.2. The second kappa shape index (κ2) is 4.24. The van der Waals surface area contributed by atoms with Gasteiger partial charge in [0.2, 0.25) is 12.9 Å². The first-order valence-electron chi connectivity index (χ1n) is 4.80. The third kappa shape index (κ3) is 1.73. The second-order valence-corrected chi connectivity index (χ2v) is 3.34. The summed E-state index contributed by atoms with van der Waals surface area (Å²) < 4.78 is 15.7. The van der Waals surface area contributed by atoms with Crippen LogP contribution in [-0.2, 0) is 4.79 Å². The van der Waals surface area contributed by atoms with Crippen LogP contribution < -0.4 is 14.2 Å². The lowest BCUT2D eigenvalue weighted by Crippen LogP contribution is -1.95. The van der Waals surface area contributed by atoms with Crippen LogP contribution in [0.1, 0.15) is 18.5 Å². The van der Waals surface area contributed by atoms with Gasteiger partial charge in [0.15, 0.2) is 11.5 Å². The van der Waals surface area contributed by atoms with E-state index in [0.29, 0.717) is 17.2 Å². The quantitative estimate of drug-likeness (QED) is 0.577. The van der Waals surface area contributed by atoms with Crippen molar-refractivity contribution in [2.45, 2.75) is 13.0 Å². The Hall–Kier alpha value is -2.00. The van der Waals surface area contributed by atoms with Crippen LogP contribution in [-0.4, -0.2) is 20.0 Å². The number of aliphatic imine (C=N–C) groups is 1. The summed E-state index contributed by atoms with van der Waals surface area (Å²) in [5.74, 6) is 1.90. The Balaban J connectivity index is 2.47. The number of carbonyl (C=O) groups excluding carboxylic acids is 1. The van der Waals surface area contributed by atoms with Crippen LogP contribution in [0.5, 0.6) is 17.2 Å². The first kappa shape index (κ1) is 10.5. The number of benzene rings is 1. The minimum Gasteiger partial charge on any atom is -0.496 e. The molecule has 0 amide bonds. The number of methoxy groups -OCH3 is 1. The van der Waals surface area contributed by atoms with Gasteiger partial charge in [-0.3, -0.25) is 0 Å². The molecule has 1 atom stereocenters. The molecule has 1 unspecified atom stereocenters. The lowest BCUT2D eigenvalue weighted by Gasteiger charge is -2.11. The van der Waals surface area contributed by atoms with Crippen molar-refractivity contribution >= 4 is 6.08 Å². The Labute approximate surface area is 92.6 Å². The van der Waals surface area contributed by atoms with E-state index < -0.39 is 0 Å². The van der Waals surface area contributed by atoms with E-state index in [0.717, 1.165) is 5.56 Å². The summed E-state index contributed by atoms with van der Waals surface area (Å²) >= 11 is 0. The third-order valence-electron chi connectivity index (χ3n) is 2.42. The fraction of sp³-hybridized carbons (Fsp3) is 0.364. The molecule has 16 heavy (non-hydrogen) atoms. The number of hydrogen-bond donors (Lipinski definition) is 0. The summed E-state index contributed by atoms with van der Waals surface area (Å²) in [5.41, 5.74) is 0.773. The van der Waals surface area contributed by atoms with Crippen LogP contribution in [0, 0.1) is 0 Å². The molecule has 1 aliphatic rings. The molecule has 1 aromatic carbocycles. The van der Waals surface area contributed by atoms with Crippen LogP contribution in [0.2, 0.25) is 0 Å². The summed E-state index contributed by atoms with van der Waals surface area (Å²) in [6.45, 7) is 1.98. The van der Waals surface area contributed by atoms with Gasteiger partial charge in [-0.15, -0.1) is 0 Å².